The maximum atomic E-state index is 12.1. The summed E-state index contributed by atoms with van der Waals surface area (Å²) in [5.74, 6) is 0.0678. The number of nitrogens with two attached hydrogens (primary N) is 1. The number of carbonyl (C=O) groups excluding carboxylic acids is 1. The molecular formula is C17H23N3O4. The van der Waals surface area contributed by atoms with Crippen LogP contribution in [0.3, 0.4) is 0 Å². The van der Waals surface area contributed by atoms with E-state index < -0.39 is 4.92 Å². The van der Waals surface area contributed by atoms with Crippen LogP contribution in [0.5, 0.6) is 0 Å². The summed E-state index contributed by atoms with van der Waals surface area (Å²) < 4.78 is 5.21. The molecule has 1 amide bonds. The molecule has 24 heavy (non-hydrogen) atoms. The first-order valence-corrected chi connectivity index (χ1v) is 8.03. The van der Waals surface area contributed by atoms with Gasteiger partial charge in [0.1, 0.15) is 5.69 Å². The maximum Gasteiger partial charge on any atom is 0.292 e. The molecule has 0 atom stereocenters. The third kappa shape index (κ3) is 4.11. The van der Waals surface area contributed by atoms with Crippen molar-refractivity contribution >= 4 is 22.9 Å². The Morgan fingerprint density at radius 1 is 1.46 bits per heavy atom. The number of amides is 1. The number of nitro benzene ring substituents is 1. The number of hydrogen-bond donors (Lipinski definition) is 1. The predicted octanol–water partition coefficient (Wildman–Crippen LogP) is 2.53. The molecule has 1 aromatic rings. The highest BCUT2D eigenvalue weighted by atomic mass is 16.6. The Balaban J connectivity index is 2.10. The van der Waals surface area contributed by atoms with Crippen LogP contribution < -0.4 is 5.73 Å². The van der Waals surface area contributed by atoms with Crippen molar-refractivity contribution in [2.75, 3.05) is 32.0 Å². The zero-order chi connectivity index (χ0) is 17.7. The Morgan fingerprint density at radius 3 is 2.79 bits per heavy atom. The quantitative estimate of drug-likeness (QED) is 0.373. The fraction of sp³-hybridized carbons (Fsp3) is 0.471. The molecule has 0 unspecified atom stereocenters. The molecule has 2 N–H and O–H groups in total. The highest BCUT2D eigenvalue weighted by Crippen LogP contribution is 2.32. The highest BCUT2D eigenvalue weighted by molar-refractivity contribution is 5.79. The van der Waals surface area contributed by atoms with E-state index in [1.54, 1.807) is 11.8 Å². The van der Waals surface area contributed by atoms with Crippen LogP contribution in [0.25, 0.3) is 5.57 Å². The van der Waals surface area contributed by atoms with E-state index in [0.717, 1.165) is 11.1 Å². The molecule has 7 nitrogen and oxygen atoms in total. The molecule has 0 saturated carbocycles. The van der Waals surface area contributed by atoms with Crippen molar-refractivity contribution < 1.29 is 14.5 Å². The highest BCUT2D eigenvalue weighted by Gasteiger charge is 2.21. The van der Waals surface area contributed by atoms with Gasteiger partial charge in [0.15, 0.2) is 0 Å². The van der Waals surface area contributed by atoms with Gasteiger partial charge < -0.3 is 15.4 Å². The first-order valence-electron chi connectivity index (χ1n) is 8.03. The van der Waals surface area contributed by atoms with E-state index in [4.69, 9.17) is 10.5 Å². The Hall–Kier alpha value is -2.41. The van der Waals surface area contributed by atoms with E-state index in [0.29, 0.717) is 44.7 Å². The Morgan fingerprint density at radius 2 is 2.21 bits per heavy atom. The van der Waals surface area contributed by atoms with E-state index in [1.165, 1.54) is 6.07 Å². The molecule has 1 aliphatic rings. The second-order valence-corrected chi connectivity index (χ2v) is 5.75. The standard InChI is InChI=1S/C17H23N3O4/c1-3-24-9-6-16(21)19-7-4-13(5-8-19)14-10-12(2)17(18)15(11-14)20(22)23/h4,10-11H,3,5-9,18H2,1-2H3. The number of nitro groups is 1. The number of anilines is 1. The van der Waals surface area contributed by atoms with Gasteiger partial charge in [0.25, 0.3) is 5.69 Å². The van der Waals surface area contributed by atoms with Crippen molar-refractivity contribution in [3.05, 3.63) is 39.4 Å². The van der Waals surface area contributed by atoms with E-state index in [2.05, 4.69) is 0 Å². The molecule has 0 radical (unpaired) electrons. The van der Waals surface area contributed by atoms with Crippen LogP contribution in [-0.4, -0.2) is 42.0 Å². The summed E-state index contributed by atoms with van der Waals surface area (Å²) >= 11 is 0. The van der Waals surface area contributed by atoms with Crippen LogP contribution in [0, 0.1) is 17.0 Å². The minimum Gasteiger partial charge on any atom is -0.393 e. The molecule has 0 aliphatic carbocycles. The molecule has 1 heterocycles. The van der Waals surface area contributed by atoms with Crippen LogP contribution in [0.15, 0.2) is 18.2 Å². The summed E-state index contributed by atoms with van der Waals surface area (Å²) in [4.78, 5) is 24.5. The molecule has 0 fully saturated rings. The number of ether oxygens (including phenoxy) is 1. The normalized spacial score (nSPS) is 14.4. The fourth-order valence-corrected chi connectivity index (χ4v) is 2.74. The van der Waals surface area contributed by atoms with Crippen molar-refractivity contribution in [1.82, 2.24) is 4.90 Å². The molecule has 0 bridgehead atoms. The third-order valence-corrected chi connectivity index (χ3v) is 4.16. The third-order valence-electron chi connectivity index (χ3n) is 4.16. The number of nitrogens with zero attached hydrogens (tertiary/aromatic N) is 2. The Kier molecular flexibility index (Phi) is 5.92. The first kappa shape index (κ1) is 17.9. The minimum absolute atomic E-state index is 0.0678. The summed E-state index contributed by atoms with van der Waals surface area (Å²) in [6.07, 6.45) is 3.00. The van der Waals surface area contributed by atoms with Crippen molar-refractivity contribution in [1.29, 1.82) is 0 Å². The van der Waals surface area contributed by atoms with Gasteiger partial charge in [-0.15, -0.1) is 0 Å². The zero-order valence-corrected chi connectivity index (χ0v) is 14.1. The van der Waals surface area contributed by atoms with E-state index >= 15 is 0 Å². The van der Waals surface area contributed by atoms with Gasteiger partial charge in [0.2, 0.25) is 5.91 Å². The van der Waals surface area contributed by atoms with Gasteiger partial charge in [0.05, 0.1) is 18.0 Å². The summed E-state index contributed by atoms with van der Waals surface area (Å²) in [6, 6.07) is 3.38. The van der Waals surface area contributed by atoms with Gasteiger partial charge in [-0.3, -0.25) is 14.9 Å². The first-order chi connectivity index (χ1) is 11.4. The Labute approximate surface area is 141 Å². The van der Waals surface area contributed by atoms with Gasteiger partial charge in [-0.05, 0) is 43.0 Å². The van der Waals surface area contributed by atoms with E-state index in [-0.39, 0.29) is 17.3 Å². The van der Waals surface area contributed by atoms with Gasteiger partial charge >= 0.3 is 0 Å². The van der Waals surface area contributed by atoms with Gasteiger partial charge in [-0.2, -0.15) is 0 Å². The molecule has 0 spiro atoms. The van der Waals surface area contributed by atoms with Crippen molar-refractivity contribution in [3.63, 3.8) is 0 Å². The van der Waals surface area contributed by atoms with E-state index in [9.17, 15) is 14.9 Å². The lowest BCUT2D eigenvalue weighted by atomic mass is 9.96. The molecular weight excluding hydrogens is 310 g/mol. The molecule has 130 valence electrons. The average Bonchev–Trinajstić information content (AvgIpc) is 2.57. The lowest BCUT2D eigenvalue weighted by Crippen LogP contribution is -2.35. The number of benzene rings is 1. The minimum atomic E-state index is -0.460. The van der Waals surface area contributed by atoms with Gasteiger partial charge in [-0.25, -0.2) is 0 Å². The van der Waals surface area contributed by atoms with Gasteiger partial charge in [-0.1, -0.05) is 6.08 Å². The van der Waals surface area contributed by atoms with Crippen molar-refractivity contribution in [2.45, 2.75) is 26.7 Å². The SMILES string of the molecule is CCOCCC(=O)N1CC=C(c2cc(C)c(N)c([N+](=O)[O-])c2)CC1. The lowest BCUT2D eigenvalue weighted by molar-refractivity contribution is -0.383. The molecule has 2 rings (SSSR count). The smallest absolute Gasteiger partial charge is 0.292 e. The number of rotatable bonds is 6. The van der Waals surface area contributed by atoms with Crippen LogP contribution in [-0.2, 0) is 9.53 Å². The molecule has 0 aromatic heterocycles. The maximum absolute atomic E-state index is 12.1. The molecule has 0 saturated heterocycles. The largest absolute Gasteiger partial charge is 0.393 e. The van der Waals surface area contributed by atoms with Crippen LogP contribution >= 0.6 is 0 Å². The van der Waals surface area contributed by atoms with Crippen LogP contribution in [0.1, 0.15) is 30.9 Å². The second kappa shape index (κ2) is 7.92. The summed E-state index contributed by atoms with van der Waals surface area (Å²) in [6.45, 7) is 5.82. The predicted molar refractivity (Wildman–Crippen MR) is 92.5 cm³/mol. The number of hydrogen-bond acceptors (Lipinski definition) is 5. The number of aryl methyl sites for hydroxylation is 1. The topological polar surface area (TPSA) is 98.7 Å². The summed E-state index contributed by atoms with van der Waals surface area (Å²) in [7, 11) is 0. The van der Waals surface area contributed by atoms with Gasteiger partial charge in [0, 0.05) is 25.8 Å². The zero-order valence-electron chi connectivity index (χ0n) is 14.1. The van der Waals surface area contributed by atoms with Crippen LogP contribution in [0.4, 0.5) is 11.4 Å². The Bertz CT molecular complexity index is 670. The van der Waals surface area contributed by atoms with E-state index in [1.807, 2.05) is 19.1 Å². The van der Waals surface area contributed by atoms with Crippen molar-refractivity contribution in [3.8, 4) is 0 Å². The second-order valence-electron chi connectivity index (χ2n) is 5.75. The number of nitrogen functional groups attached to an aromatic ring is 1. The fourth-order valence-electron chi connectivity index (χ4n) is 2.74. The molecule has 1 aromatic carbocycles. The molecule has 7 heteroatoms. The van der Waals surface area contributed by atoms with Crippen LogP contribution in [0.2, 0.25) is 0 Å². The average molecular weight is 333 g/mol. The van der Waals surface area contributed by atoms with Crippen molar-refractivity contribution in [2.24, 2.45) is 0 Å². The summed E-state index contributed by atoms with van der Waals surface area (Å²) in [5, 5.41) is 11.1. The summed E-state index contributed by atoms with van der Waals surface area (Å²) in [5.41, 5.74) is 8.41. The monoisotopic (exact) mass is 333 g/mol. The lowest BCUT2D eigenvalue weighted by Gasteiger charge is -2.27. The number of carbonyl (C=O) groups is 1. The molecule has 1 aliphatic heterocycles.